The number of allylic oxidation sites excluding steroid dienone is 1. The minimum absolute atomic E-state index is 0.339. The van der Waals surface area contributed by atoms with E-state index in [1.54, 1.807) is 51.1 Å². The lowest BCUT2D eigenvalue weighted by molar-refractivity contribution is -0.159. The zero-order valence-electron chi connectivity index (χ0n) is 17.0. The van der Waals surface area contributed by atoms with E-state index in [4.69, 9.17) is 21.1 Å². The van der Waals surface area contributed by atoms with Crippen LogP contribution >= 0.6 is 11.6 Å². The molecular weight excluding hydrogens is 386 g/mol. The average Bonchev–Trinajstić information content (AvgIpc) is 2.67. The van der Waals surface area contributed by atoms with Crippen LogP contribution in [0.2, 0.25) is 5.02 Å². The number of esters is 1. The fourth-order valence-corrected chi connectivity index (χ4v) is 2.50. The van der Waals surface area contributed by atoms with Crippen LogP contribution in [0.15, 0.2) is 60.7 Å². The molecule has 0 radical (unpaired) electrons. The number of benzene rings is 2. The van der Waals surface area contributed by atoms with Gasteiger partial charge < -0.3 is 9.47 Å². The quantitative estimate of drug-likeness (QED) is 0.241. The summed E-state index contributed by atoms with van der Waals surface area (Å²) in [7, 11) is 0. The molecule has 0 N–H and O–H groups in total. The maximum Gasteiger partial charge on any atom is 0.333 e. The van der Waals surface area contributed by atoms with E-state index in [0.29, 0.717) is 21.9 Å². The maximum atomic E-state index is 11.8. The summed E-state index contributed by atoms with van der Waals surface area (Å²) < 4.78 is 11.4. The van der Waals surface area contributed by atoms with E-state index in [2.05, 4.69) is 12.6 Å². The Hall–Kier alpha value is -3.03. The molecule has 0 bridgehead atoms. The van der Waals surface area contributed by atoms with Crippen LogP contribution in [-0.2, 0) is 9.53 Å². The third kappa shape index (κ3) is 6.23. The van der Waals surface area contributed by atoms with Gasteiger partial charge in [-0.05, 0) is 81.3 Å². The van der Waals surface area contributed by atoms with Crippen molar-refractivity contribution in [2.45, 2.75) is 39.4 Å². The van der Waals surface area contributed by atoms with Gasteiger partial charge in [-0.25, -0.2) is 4.79 Å². The number of carbonyl (C=O) groups is 1. The monoisotopic (exact) mass is 409 g/mol. The number of carbonyl (C=O) groups excluding carboxylic acids is 1. The lowest BCUT2D eigenvalue weighted by atomic mass is 10.0. The van der Waals surface area contributed by atoms with Crippen LogP contribution in [0.25, 0.3) is 11.6 Å². The molecule has 0 aliphatic rings. The minimum atomic E-state index is -0.832. The lowest BCUT2D eigenvalue weighted by Crippen LogP contribution is -2.42. The van der Waals surface area contributed by atoms with Crippen LogP contribution in [0, 0.1) is 11.3 Å². The normalized spacial score (nSPS) is 12.6. The first-order valence-corrected chi connectivity index (χ1v) is 9.53. The summed E-state index contributed by atoms with van der Waals surface area (Å²) in [5, 5.41) is 10.2. The number of halogens is 1. The standard InChI is InChI=1S/C24H24ClNO3/c1-16(2)23(27)29-24(4,5)17(3)28-22-12-8-19(9-13-22)20(15-26)14-18-6-10-21(25)11-7-18/h6-14,17H,1H2,2-5H3/b20-14+. The lowest BCUT2D eigenvalue weighted by Gasteiger charge is -2.31. The molecule has 29 heavy (non-hydrogen) atoms. The SMILES string of the molecule is C=C(C)C(=O)OC(C)(C)C(C)Oc1ccc(/C(C#N)=C/c2ccc(Cl)cc2)cc1. The van der Waals surface area contributed by atoms with Crippen molar-refractivity contribution < 1.29 is 14.3 Å². The van der Waals surface area contributed by atoms with Crippen LogP contribution in [0.5, 0.6) is 5.75 Å². The molecule has 0 saturated carbocycles. The minimum Gasteiger partial charge on any atom is -0.487 e. The number of nitrogens with zero attached hydrogens (tertiary/aromatic N) is 1. The van der Waals surface area contributed by atoms with Crippen molar-refractivity contribution in [3.05, 3.63) is 76.8 Å². The maximum absolute atomic E-state index is 11.8. The van der Waals surface area contributed by atoms with Crippen LogP contribution in [0.3, 0.4) is 0 Å². The van der Waals surface area contributed by atoms with Gasteiger partial charge in [0.25, 0.3) is 0 Å². The number of hydrogen-bond acceptors (Lipinski definition) is 4. The Morgan fingerprint density at radius 1 is 1.17 bits per heavy atom. The van der Waals surface area contributed by atoms with Crippen molar-refractivity contribution in [2.24, 2.45) is 0 Å². The van der Waals surface area contributed by atoms with Gasteiger partial charge in [0.2, 0.25) is 0 Å². The van der Waals surface area contributed by atoms with Crippen molar-refractivity contribution in [3.63, 3.8) is 0 Å². The molecule has 1 unspecified atom stereocenters. The van der Waals surface area contributed by atoms with E-state index in [9.17, 15) is 10.1 Å². The van der Waals surface area contributed by atoms with E-state index >= 15 is 0 Å². The summed E-state index contributed by atoms with van der Waals surface area (Å²) in [6, 6.07) is 16.7. The highest BCUT2D eigenvalue weighted by molar-refractivity contribution is 6.30. The second-order valence-electron chi connectivity index (χ2n) is 7.28. The summed E-state index contributed by atoms with van der Waals surface area (Å²) in [6.07, 6.45) is 1.41. The van der Waals surface area contributed by atoms with E-state index in [0.717, 1.165) is 11.1 Å². The molecule has 0 saturated heterocycles. The Morgan fingerprint density at radius 3 is 2.28 bits per heavy atom. The third-order valence-electron chi connectivity index (χ3n) is 4.46. The molecule has 5 heteroatoms. The first kappa shape index (κ1) is 22.3. The topological polar surface area (TPSA) is 59.3 Å². The van der Waals surface area contributed by atoms with Gasteiger partial charge >= 0.3 is 5.97 Å². The Balaban J connectivity index is 2.12. The van der Waals surface area contributed by atoms with Gasteiger partial charge in [0, 0.05) is 10.6 Å². The number of hydrogen-bond donors (Lipinski definition) is 0. The van der Waals surface area contributed by atoms with Crippen molar-refractivity contribution in [1.82, 2.24) is 0 Å². The van der Waals surface area contributed by atoms with Crippen LogP contribution in [0.4, 0.5) is 0 Å². The summed E-state index contributed by atoms with van der Waals surface area (Å²) >= 11 is 5.90. The molecule has 2 aromatic carbocycles. The first-order chi connectivity index (χ1) is 13.6. The first-order valence-electron chi connectivity index (χ1n) is 9.15. The van der Waals surface area contributed by atoms with Crippen molar-refractivity contribution in [3.8, 4) is 11.8 Å². The third-order valence-corrected chi connectivity index (χ3v) is 4.71. The van der Waals surface area contributed by atoms with Crippen LogP contribution in [-0.4, -0.2) is 17.7 Å². The summed E-state index contributed by atoms with van der Waals surface area (Å²) in [5.41, 5.74) is 1.70. The predicted molar refractivity (Wildman–Crippen MR) is 116 cm³/mol. The Bertz CT molecular complexity index is 951. The molecular formula is C24H24ClNO3. The van der Waals surface area contributed by atoms with Gasteiger partial charge in [0.15, 0.2) is 0 Å². The number of nitriles is 1. The van der Waals surface area contributed by atoms with Crippen LogP contribution in [0.1, 0.15) is 38.8 Å². The van der Waals surface area contributed by atoms with E-state index in [1.165, 1.54) is 0 Å². The fraction of sp³-hybridized carbons (Fsp3) is 0.250. The highest BCUT2D eigenvalue weighted by atomic mass is 35.5. The van der Waals surface area contributed by atoms with Gasteiger partial charge in [0.1, 0.15) is 17.5 Å². The summed E-state index contributed by atoms with van der Waals surface area (Å²) in [5.74, 6) is 0.163. The van der Waals surface area contributed by atoms with Gasteiger partial charge in [-0.15, -0.1) is 0 Å². The van der Waals surface area contributed by atoms with Gasteiger partial charge in [-0.1, -0.05) is 30.3 Å². The van der Waals surface area contributed by atoms with Crippen LogP contribution < -0.4 is 4.74 Å². The Morgan fingerprint density at radius 2 is 1.76 bits per heavy atom. The Labute approximate surface area is 177 Å². The molecule has 2 rings (SSSR count). The van der Waals surface area contributed by atoms with Crippen molar-refractivity contribution >= 4 is 29.2 Å². The zero-order chi connectivity index (χ0) is 21.6. The second-order valence-corrected chi connectivity index (χ2v) is 7.72. The molecule has 0 aliphatic carbocycles. The van der Waals surface area contributed by atoms with E-state index < -0.39 is 17.7 Å². The van der Waals surface area contributed by atoms with E-state index in [-0.39, 0.29) is 0 Å². The van der Waals surface area contributed by atoms with Gasteiger partial charge in [-0.2, -0.15) is 5.26 Å². The molecule has 0 spiro atoms. The smallest absolute Gasteiger partial charge is 0.333 e. The molecule has 0 aliphatic heterocycles. The summed E-state index contributed by atoms with van der Waals surface area (Å²) in [6.45, 7) is 10.6. The molecule has 0 heterocycles. The van der Waals surface area contributed by atoms with Crippen molar-refractivity contribution in [2.75, 3.05) is 0 Å². The molecule has 150 valence electrons. The second kappa shape index (κ2) is 9.45. The van der Waals surface area contributed by atoms with Crippen molar-refractivity contribution in [1.29, 1.82) is 5.26 Å². The molecule has 0 aromatic heterocycles. The van der Waals surface area contributed by atoms with E-state index in [1.807, 2.05) is 31.2 Å². The molecule has 0 fully saturated rings. The summed E-state index contributed by atoms with van der Waals surface area (Å²) in [4.78, 5) is 11.8. The molecule has 0 amide bonds. The van der Waals surface area contributed by atoms with Gasteiger partial charge in [-0.3, -0.25) is 0 Å². The largest absolute Gasteiger partial charge is 0.487 e. The highest BCUT2D eigenvalue weighted by Crippen LogP contribution is 2.25. The highest BCUT2D eigenvalue weighted by Gasteiger charge is 2.32. The Kier molecular flexibility index (Phi) is 7.25. The fourth-order valence-electron chi connectivity index (χ4n) is 2.37. The number of rotatable bonds is 7. The average molecular weight is 410 g/mol. The number of ether oxygens (including phenoxy) is 2. The molecule has 1 atom stereocenters. The zero-order valence-corrected chi connectivity index (χ0v) is 17.8. The molecule has 2 aromatic rings. The molecule has 4 nitrogen and oxygen atoms in total. The predicted octanol–water partition coefficient (Wildman–Crippen LogP) is 6.07. The van der Waals surface area contributed by atoms with Gasteiger partial charge in [0.05, 0.1) is 11.6 Å².